The van der Waals surface area contributed by atoms with Crippen LogP contribution >= 0.6 is 0 Å². The molecule has 1 spiro atoms. The number of nitrogens with zero attached hydrogens (tertiary/aromatic N) is 7. The fraction of sp³-hybridized carbons (Fsp3) is 0.658. The van der Waals surface area contributed by atoms with E-state index >= 15 is 0 Å². The largest absolute Gasteiger partial charge is 0.493 e. The second-order valence-corrected chi connectivity index (χ2v) is 15.7. The predicted octanol–water partition coefficient (Wildman–Crippen LogP) is 1.04. The average molecular weight is 738 g/mol. The number of piperidine rings is 1. The van der Waals surface area contributed by atoms with E-state index in [2.05, 4.69) is 22.0 Å². The number of hydrogen-bond donors (Lipinski definition) is 3. The molecule has 1 amide bonds. The number of rotatable bonds is 13. The molecule has 0 radical (unpaired) electrons. The zero-order valence-corrected chi connectivity index (χ0v) is 30.7. The lowest BCUT2D eigenvalue weighted by Crippen LogP contribution is -2.63. The summed E-state index contributed by atoms with van der Waals surface area (Å²) in [5.41, 5.74) is 1.42. The van der Waals surface area contributed by atoms with Crippen molar-refractivity contribution in [1.82, 2.24) is 34.4 Å². The first kappa shape index (κ1) is 38.8. The summed E-state index contributed by atoms with van der Waals surface area (Å²) in [7, 11) is 0. The molecule has 0 unspecified atom stereocenters. The molecular weight excluding hydrogens is 682 g/mol. The van der Waals surface area contributed by atoms with Gasteiger partial charge in [0, 0.05) is 96.7 Å². The van der Waals surface area contributed by atoms with E-state index in [0.29, 0.717) is 69.6 Å². The zero-order chi connectivity index (χ0) is 37.4. The minimum Gasteiger partial charge on any atom is -0.493 e. The SMILES string of the molecule is O=C(O)CN1CCN(CC(=O)O)CCN(CC(=O)N2CCC(CN3CC4(CC(COc5ccc6ncccc6c5)C4)C3)CC2)CCN(CC(=O)O)CC1. The summed E-state index contributed by atoms with van der Waals surface area (Å²) in [5, 5.41) is 29.5. The molecule has 53 heavy (non-hydrogen) atoms. The Kier molecular flexibility index (Phi) is 13.2. The molecule has 15 nitrogen and oxygen atoms in total. The Balaban J connectivity index is 0.919. The molecular formula is C38H55N7O8. The van der Waals surface area contributed by atoms with Crippen molar-refractivity contribution in [1.29, 1.82) is 0 Å². The molecule has 6 rings (SSSR count). The number of likely N-dealkylation sites (tertiary alicyclic amines) is 2. The highest BCUT2D eigenvalue weighted by Crippen LogP contribution is 2.52. The van der Waals surface area contributed by atoms with Crippen LogP contribution in [-0.2, 0) is 19.2 Å². The highest BCUT2D eigenvalue weighted by Gasteiger charge is 2.52. The summed E-state index contributed by atoms with van der Waals surface area (Å²) in [6.45, 7) is 8.25. The Labute approximate surface area is 311 Å². The fourth-order valence-corrected chi connectivity index (χ4v) is 8.74. The summed E-state index contributed by atoms with van der Waals surface area (Å²) in [6.07, 6.45) is 6.18. The van der Waals surface area contributed by atoms with E-state index in [1.165, 1.54) is 12.8 Å². The van der Waals surface area contributed by atoms with E-state index in [1.54, 1.807) is 20.9 Å². The van der Waals surface area contributed by atoms with Gasteiger partial charge in [-0.1, -0.05) is 6.07 Å². The number of benzene rings is 1. The van der Waals surface area contributed by atoms with Gasteiger partial charge in [-0.05, 0) is 67.2 Å². The van der Waals surface area contributed by atoms with E-state index in [4.69, 9.17) is 4.74 Å². The molecule has 290 valence electrons. The average Bonchev–Trinajstić information content (AvgIpc) is 3.08. The standard InChI is InChI=1S/C38H55N7O8/c46-34(22-40-10-12-41(23-35(47)48)14-16-43(25-37(51)52)17-15-42(13-11-40)24-36(49)50)45-8-5-29(6-9-45)21-44-27-38(28-44)19-30(20-38)26-53-32-3-4-33-31(18-32)2-1-7-39-33/h1-4,7,18,29-30H,5-6,8-17,19-28H2,(H,47,48)(H,49,50)(H,51,52). The van der Waals surface area contributed by atoms with Crippen LogP contribution in [0.4, 0.5) is 0 Å². The topological polar surface area (TPSA) is 171 Å². The second-order valence-electron chi connectivity index (χ2n) is 15.7. The predicted molar refractivity (Wildman–Crippen MR) is 197 cm³/mol. The van der Waals surface area contributed by atoms with E-state index in [0.717, 1.165) is 68.8 Å². The van der Waals surface area contributed by atoms with E-state index < -0.39 is 17.9 Å². The quantitative estimate of drug-likeness (QED) is 0.267. The van der Waals surface area contributed by atoms with Crippen molar-refractivity contribution in [2.45, 2.75) is 25.7 Å². The normalized spacial score (nSPS) is 22.1. The zero-order valence-electron chi connectivity index (χ0n) is 30.7. The highest BCUT2D eigenvalue weighted by atomic mass is 16.5. The molecule has 1 aromatic carbocycles. The van der Waals surface area contributed by atoms with Crippen molar-refractivity contribution >= 4 is 34.7 Å². The lowest BCUT2D eigenvalue weighted by atomic mass is 9.58. The number of aliphatic carboxylic acids is 3. The van der Waals surface area contributed by atoms with Gasteiger partial charge in [-0.3, -0.25) is 43.8 Å². The van der Waals surface area contributed by atoms with Crippen molar-refractivity contribution in [3.05, 3.63) is 36.5 Å². The first-order valence-electron chi connectivity index (χ1n) is 19.0. The number of ether oxygens (including phenoxy) is 1. The molecule has 3 N–H and O–H groups in total. The molecule has 4 aliphatic rings. The Morgan fingerprint density at radius 1 is 0.679 bits per heavy atom. The van der Waals surface area contributed by atoms with Crippen molar-refractivity contribution in [3.63, 3.8) is 0 Å². The van der Waals surface area contributed by atoms with Gasteiger partial charge in [0.1, 0.15) is 5.75 Å². The maximum Gasteiger partial charge on any atom is 0.317 e. The number of carbonyl (C=O) groups is 4. The number of aromatic nitrogens is 1. The van der Waals surface area contributed by atoms with Gasteiger partial charge in [-0.2, -0.15) is 0 Å². The van der Waals surface area contributed by atoms with Gasteiger partial charge in [0.05, 0.1) is 38.3 Å². The molecule has 15 heteroatoms. The Morgan fingerprint density at radius 2 is 1.21 bits per heavy atom. The van der Waals surface area contributed by atoms with Crippen molar-refractivity contribution in [2.24, 2.45) is 17.3 Å². The van der Waals surface area contributed by atoms with Crippen LogP contribution in [0.25, 0.3) is 10.9 Å². The Hall–Kier alpha value is -3.89. The number of carboxylic acid groups (broad SMARTS) is 3. The number of hydrogen-bond acceptors (Lipinski definition) is 11. The van der Waals surface area contributed by atoms with E-state index in [1.807, 2.05) is 28.0 Å². The molecule has 4 heterocycles. The van der Waals surface area contributed by atoms with Gasteiger partial charge in [0.15, 0.2) is 0 Å². The van der Waals surface area contributed by atoms with Crippen molar-refractivity contribution < 1.29 is 39.2 Å². The summed E-state index contributed by atoms with van der Waals surface area (Å²) < 4.78 is 6.15. The van der Waals surface area contributed by atoms with Crippen molar-refractivity contribution in [3.8, 4) is 5.75 Å². The maximum absolute atomic E-state index is 13.5. The third-order valence-electron chi connectivity index (χ3n) is 11.5. The summed E-state index contributed by atoms with van der Waals surface area (Å²) in [6, 6.07) is 10.1. The van der Waals surface area contributed by atoms with Crippen LogP contribution in [0, 0.1) is 17.3 Å². The van der Waals surface area contributed by atoms with Gasteiger partial charge in [-0.25, -0.2) is 0 Å². The molecule has 1 aliphatic carbocycles. The second kappa shape index (κ2) is 18.0. The van der Waals surface area contributed by atoms with Crippen LogP contribution in [0.15, 0.2) is 36.5 Å². The highest BCUT2D eigenvalue weighted by molar-refractivity contribution is 5.80. The summed E-state index contributed by atoms with van der Waals surface area (Å²) in [4.78, 5) is 64.4. The fourth-order valence-electron chi connectivity index (χ4n) is 8.74. The third kappa shape index (κ3) is 11.3. The summed E-state index contributed by atoms with van der Waals surface area (Å²) >= 11 is 0. The number of carbonyl (C=O) groups excluding carboxylic acids is 1. The maximum atomic E-state index is 13.5. The molecule has 2 aromatic rings. The molecule has 1 saturated carbocycles. The Bertz CT molecular complexity index is 1540. The minimum absolute atomic E-state index is 0.0451. The van der Waals surface area contributed by atoms with Crippen LogP contribution in [0.3, 0.4) is 0 Å². The minimum atomic E-state index is -0.991. The van der Waals surface area contributed by atoms with E-state index in [-0.39, 0.29) is 32.1 Å². The first-order chi connectivity index (χ1) is 25.5. The molecule has 1 aromatic heterocycles. The van der Waals surface area contributed by atoms with Crippen LogP contribution in [0.5, 0.6) is 5.75 Å². The first-order valence-corrected chi connectivity index (χ1v) is 19.0. The van der Waals surface area contributed by atoms with Gasteiger partial charge in [0.25, 0.3) is 0 Å². The van der Waals surface area contributed by atoms with Gasteiger partial charge >= 0.3 is 17.9 Å². The van der Waals surface area contributed by atoms with Crippen LogP contribution in [0.1, 0.15) is 25.7 Å². The van der Waals surface area contributed by atoms with Gasteiger partial charge in [-0.15, -0.1) is 0 Å². The van der Waals surface area contributed by atoms with Gasteiger partial charge < -0.3 is 29.9 Å². The van der Waals surface area contributed by atoms with Gasteiger partial charge in [0.2, 0.25) is 5.91 Å². The molecule has 3 aliphatic heterocycles. The number of amides is 1. The molecule has 4 fully saturated rings. The third-order valence-corrected chi connectivity index (χ3v) is 11.5. The van der Waals surface area contributed by atoms with Crippen LogP contribution in [0.2, 0.25) is 0 Å². The smallest absolute Gasteiger partial charge is 0.317 e. The van der Waals surface area contributed by atoms with Crippen LogP contribution < -0.4 is 4.74 Å². The number of fused-ring (bicyclic) bond motifs is 1. The molecule has 0 bridgehead atoms. The summed E-state index contributed by atoms with van der Waals surface area (Å²) in [5.74, 6) is -0.811. The van der Waals surface area contributed by atoms with Crippen LogP contribution in [-0.4, -0.2) is 191 Å². The lowest BCUT2D eigenvalue weighted by molar-refractivity contribution is -0.141. The monoisotopic (exact) mass is 737 g/mol. The molecule has 0 atom stereocenters. The Morgan fingerprint density at radius 3 is 1.74 bits per heavy atom. The number of pyridine rings is 1. The number of carboxylic acids is 3. The molecule has 3 saturated heterocycles. The lowest BCUT2D eigenvalue weighted by Gasteiger charge is -2.60. The van der Waals surface area contributed by atoms with Crippen molar-refractivity contribution in [2.75, 3.05) is 118 Å². The van der Waals surface area contributed by atoms with E-state index in [9.17, 15) is 34.5 Å².